The van der Waals surface area contributed by atoms with Crippen LogP contribution in [0.25, 0.3) is 11.3 Å². The number of hydrogen-bond acceptors (Lipinski definition) is 4. The molecule has 0 spiro atoms. The van der Waals surface area contributed by atoms with Crippen molar-refractivity contribution in [2.24, 2.45) is 5.41 Å². The number of H-pyrrole nitrogens is 1. The molecule has 5 rings (SSSR count). The van der Waals surface area contributed by atoms with Gasteiger partial charge in [0.2, 0.25) is 0 Å². The van der Waals surface area contributed by atoms with Crippen LogP contribution in [0.5, 0.6) is 0 Å². The molecule has 1 aliphatic carbocycles. The number of aryl methyl sites for hydroxylation is 1. The highest BCUT2D eigenvalue weighted by Crippen LogP contribution is 2.57. The van der Waals surface area contributed by atoms with Crippen LogP contribution in [-0.4, -0.2) is 40.0 Å². The zero-order valence-electron chi connectivity index (χ0n) is 13.6. The lowest BCUT2D eigenvalue weighted by atomic mass is 9.62. The van der Waals surface area contributed by atoms with E-state index in [0.717, 1.165) is 16.8 Å². The van der Waals surface area contributed by atoms with Gasteiger partial charge >= 0.3 is 5.97 Å². The highest BCUT2D eigenvalue weighted by Gasteiger charge is 2.66. The van der Waals surface area contributed by atoms with Gasteiger partial charge in [-0.25, -0.2) is 0 Å². The Balaban J connectivity index is 1.38. The van der Waals surface area contributed by atoms with Crippen molar-refractivity contribution in [3.05, 3.63) is 41.6 Å². The first-order valence-electron chi connectivity index (χ1n) is 8.19. The second-order valence-electron chi connectivity index (χ2n) is 7.15. The van der Waals surface area contributed by atoms with Gasteiger partial charge in [0.05, 0.1) is 29.5 Å². The number of carboxylic acid groups (broad SMARTS) is 1. The fraction of sp³-hybridized carbons (Fsp3) is 0.444. The monoisotopic (exact) mass is 327 g/mol. The number of fused-ring (bicyclic) bond motifs is 1. The fourth-order valence-electron chi connectivity index (χ4n) is 3.91. The van der Waals surface area contributed by atoms with Crippen molar-refractivity contribution in [3.8, 4) is 11.3 Å². The molecule has 1 aromatic heterocycles. The number of nitrogens with one attached hydrogen (secondary N) is 2. The first-order valence-corrected chi connectivity index (χ1v) is 8.19. The average Bonchev–Trinajstić information content (AvgIpc) is 3.21. The van der Waals surface area contributed by atoms with Crippen molar-refractivity contribution in [1.82, 2.24) is 15.5 Å². The topological polar surface area (TPSA) is 87.2 Å². The van der Waals surface area contributed by atoms with Crippen LogP contribution in [0.4, 0.5) is 0 Å². The Bertz CT molecular complexity index is 760. The molecule has 0 amide bonds. The van der Waals surface area contributed by atoms with E-state index < -0.39 is 11.4 Å². The van der Waals surface area contributed by atoms with Crippen molar-refractivity contribution >= 4 is 5.97 Å². The third kappa shape index (κ3) is 2.42. The van der Waals surface area contributed by atoms with E-state index in [1.807, 2.05) is 6.20 Å². The number of aromatic nitrogens is 2. The Labute approximate surface area is 140 Å². The molecule has 1 saturated carbocycles. The van der Waals surface area contributed by atoms with E-state index in [2.05, 4.69) is 46.7 Å². The van der Waals surface area contributed by atoms with Crippen LogP contribution in [0, 0.1) is 12.3 Å². The van der Waals surface area contributed by atoms with Crippen LogP contribution in [0.3, 0.4) is 0 Å². The molecule has 126 valence electrons. The summed E-state index contributed by atoms with van der Waals surface area (Å²) >= 11 is 0. The van der Waals surface area contributed by atoms with Gasteiger partial charge in [0.1, 0.15) is 0 Å². The van der Waals surface area contributed by atoms with E-state index in [1.54, 1.807) is 0 Å². The van der Waals surface area contributed by atoms with Gasteiger partial charge in [0.25, 0.3) is 0 Å². The lowest BCUT2D eigenvalue weighted by Gasteiger charge is -2.41. The highest BCUT2D eigenvalue weighted by molar-refractivity contribution is 5.77. The maximum Gasteiger partial charge on any atom is 0.312 e. The summed E-state index contributed by atoms with van der Waals surface area (Å²) < 4.78 is 5.76. The minimum absolute atomic E-state index is 0.299. The number of hydrogen-bond donors (Lipinski definition) is 3. The highest BCUT2D eigenvalue weighted by atomic mass is 16.5. The van der Waals surface area contributed by atoms with Crippen LogP contribution in [0.2, 0.25) is 0 Å². The summed E-state index contributed by atoms with van der Waals surface area (Å²) in [6.45, 7) is 3.74. The van der Waals surface area contributed by atoms with E-state index in [-0.39, 0.29) is 5.60 Å². The first-order chi connectivity index (χ1) is 11.5. The maximum absolute atomic E-state index is 11.3. The van der Waals surface area contributed by atoms with Crippen molar-refractivity contribution in [1.29, 1.82) is 0 Å². The van der Waals surface area contributed by atoms with E-state index in [1.165, 1.54) is 5.56 Å². The van der Waals surface area contributed by atoms with Gasteiger partial charge in [-0.15, -0.1) is 0 Å². The van der Waals surface area contributed by atoms with E-state index in [9.17, 15) is 9.90 Å². The number of ether oxygens (including phenoxy) is 1. The molecule has 2 saturated heterocycles. The molecule has 0 radical (unpaired) electrons. The second kappa shape index (κ2) is 5.43. The summed E-state index contributed by atoms with van der Waals surface area (Å²) in [6, 6.07) is 8.33. The zero-order chi connectivity index (χ0) is 16.8. The van der Waals surface area contributed by atoms with E-state index >= 15 is 0 Å². The Kier molecular flexibility index (Phi) is 3.47. The standard InChI is InChI=1S/C18H21N3O3/c1-12-2-4-13(5-3-12)15-14(7-20-21-15)6-19-10-18-8-17(9-18,11-24-18)16(22)23/h2-5,7,19H,6,8-11H2,1H3,(H,20,21)(H,22,23). The largest absolute Gasteiger partial charge is 0.481 e. The van der Waals surface area contributed by atoms with Crippen LogP contribution >= 0.6 is 0 Å². The maximum atomic E-state index is 11.3. The van der Waals surface area contributed by atoms with Gasteiger partial charge < -0.3 is 15.2 Å². The van der Waals surface area contributed by atoms with Gasteiger partial charge in [0, 0.05) is 18.7 Å². The Morgan fingerprint density at radius 1 is 1.38 bits per heavy atom. The molecule has 2 aromatic rings. The SMILES string of the molecule is Cc1ccc(-c2[nH]ncc2CNCC23CC(C(=O)O)(CO2)C3)cc1. The summed E-state index contributed by atoms with van der Waals surface area (Å²) in [5.74, 6) is -0.730. The quantitative estimate of drug-likeness (QED) is 0.756. The smallest absolute Gasteiger partial charge is 0.312 e. The molecular formula is C18H21N3O3. The average molecular weight is 327 g/mol. The molecule has 3 aliphatic rings. The molecule has 0 unspecified atom stereocenters. The van der Waals surface area contributed by atoms with Gasteiger partial charge in [-0.2, -0.15) is 5.10 Å². The van der Waals surface area contributed by atoms with Crippen LogP contribution in [0.1, 0.15) is 24.0 Å². The molecule has 3 N–H and O–H groups in total. The van der Waals surface area contributed by atoms with Gasteiger partial charge in [-0.3, -0.25) is 9.89 Å². The van der Waals surface area contributed by atoms with Gasteiger partial charge in [-0.05, 0) is 25.3 Å². The summed E-state index contributed by atoms with van der Waals surface area (Å²) in [6.07, 6.45) is 3.05. The zero-order valence-corrected chi connectivity index (χ0v) is 13.6. The predicted molar refractivity (Wildman–Crippen MR) is 88.5 cm³/mol. The fourth-order valence-corrected chi connectivity index (χ4v) is 3.91. The lowest BCUT2D eigenvalue weighted by molar-refractivity contribution is -0.153. The first kappa shape index (κ1) is 15.4. The Morgan fingerprint density at radius 3 is 2.79 bits per heavy atom. The number of rotatable bonds is 6. The Morgan fingerprint density at radius 2 is 2.12 bits per heavy atom. The summed E-state index contributed by atoms with van der Waals surface area (Å²) in [5, 5.41) is 19.9. The number of benzene rings is 1. The number of carbonyl (C=O) groups is 1. The normalized spacial score (nSPS) is 27.9. The summed E-state index contributed by atoms with van der Waals surface area (Å²) in [4.78, 5) is 11.3. The van der Waals surface area contributed by atoms with Crippen molar-refractivity contribution in [2.45, 2.75) is 31.9 Å². The predicted octanol–water partition coefficient (Wildman–Crippen LogP) is 2.11. The van der Waals surface area contributed by atoms with Gasteiger partial charge in [0.15, 0.2) is 0 Å². The number of carboxylic acids is 1. The summed E-state index contributed by atoms with van der Waals surface area (Å²) in [5.41, 5.74) is 3.51. The van der Waals surface area contributed by atoms with Gasteiger partial charge in [-0.1, -0.05) is 29.8 Å². The number of aromatic amines is 1. The van der Waals surface area contributed by atoms with Crippen LogP contribution in [0.15, 0.2) is 30.5 Å². The summed E-state index contributed by atoms with van der Waals surface area (Å²) in [7, 11) is 0. The van der Waals surface area contributed by atoms with E-state index in [4.69, 9.17) is 4.74 Å². The molecule has 6 nitrogen and oxygen atoms in total. The number of aliphatic carboxylic acids is 1. The molecule has 0 atom stereocenters. The van der Waals surface area contributed by atoms with Crippen LogP contribution < -0.4 is 5.32 Å². The third-order valence-corrected chi connectivity index (χ3v) is 5.25. The lowest BCUT2D eigenvalue weighted by Crippen LogP contribution is -2.53. The minimum atomic E-state index is -0.730. The molecule has 3 fully saturated rings. The van der Waals surface area contributed by atoms with Crippen LogP contribution in [-0.2, 0) is 16.1 Å². The molecule has 3 heterocycles. The minimum Gasteiger partial charge on any atom is -0.481 e. The van der Waals surface area contributed by atoms with E-state index in [0.29, 0.717) is 32.5 Å². The molecule has 24 heavy (non-hydrogen) atoms. The molecule has 2 aliphatic heterocycles. The molecule has 1 aromatic carbocycles. The third-order valence-electron chi connectivity index (χ3n) is 5.25. The molecular weight excluding hydrogens is 306 g/mol. The van der Waals surface area contributed by atoms with Crippen molar-refractivity contribution in [2.75, 3.05) is 13.2 Å². The van der Waals surface area contributed by atoms with Crippen molar-refractivity contribution in [3.63, 3.8) is 0 Å². The Hall–Kier alpha value is -2.18. The second-order valence-corrected chi connectivity index (χ2v) is 7.15. The molecule has 6 heteroatoms. The van der Waals surface area contributed by atoms with Crippen molar-refractivity contribution < 1.29 is 14.6 Å². The molecule has 2 bridgehead atoms. The number of nitrogens with zero attached hydrogens (tertiary/aromatic N) is 1.